The highest BCUT2D eigenvalue weighted by molar-refractivity contribution is 7.92. The third-order valence-electron chi connectivity index (χ3n) is 6.40. The van der Waals surface area contributed by atoms with E-state index in [0.717, 1.165) is 38.4 Å². The second-order valence-electron chi connectivity index (χ2n) is 9.67. The van der Waals surface area contributed by atoms with Crippen LogP contribution in [0.3, 0.4) is 0 Å². The lowest BCUT2D eigenvalue weighted by molar-refractivity contribution is -0.140. The fourth-order valence-corrected chi connectivity index (χ4v) is 5.32. The van der Waals surface area contributed by atoms with Crippen LogP contribution in [0.4, 0.5) is 5.69 Å². The van der Waals surface area contributed by atoms with Crippen LogP contribution in [-0.4, -0.2) is 50.5 Å². The number of sulfonamides is 1. The molecule has 0 saturated heterocycles. The Morgan fingerprint density at radius 2 is 1.50 bits per heavy atom. The molecule has 1 N–H and O–H groups in total. The molecule has 0 bridgehead atoms. The van der Waals surface area contributed by atoms with Gasteiger partial charge in [0.05, 0.1) is 11.9 Å². The number of carbonyl (C=O) groups excluding carboxylic acids is 2. The van der Waals surface area contributed by atoms with Gasteiger partial charge in [0.25, 0.3) is 0 Å². The van der Waals surface area contributed by atoms with Crippen LogP contribution in [0.5, 0.6) is 0 Å². The van der Waals surface area contributed by atoms with Crippen molar-refractivity contribution in [3.05, 3.63) is 101 Å². The predicted octanol–water partition coefficient (Wildman–Crippen LogP) is 4.15. The normalized spacial score (nSPS) is 12.0. The predicted molar refractivity (Wildman–Crippen MR) is 152 cm³/mol. The number of benzene rings is 3. The zero-order valence-electron chi connectivity index (χ0n) is 22.8. The molecule has 0 fully saturated rings. The topological polar surface area (TPSA) is 86.8 Å². The Labute approximate surface area is 226 Å². The summed E-state index contributed by atoms with van der Waals surface area (Å²) in [6, 6.07) is 21.9. The summed E-state index contributed by atoms with van der Waals surface area (Å²) >= 11 is 0. The Hall–Kier alpha value is -3.65. The van der Waals surface area contributed by atoms with Crippen molar-refractivity contribution in [2.75, 3.05) is 23.7 Å². The minimum absolute atomic E-state index is 0.165. The average Bonchev–Trinajstić information content (AvgIpc) is 2.86. The highest BCUT2D eigenvalue weighted by Gasteiger charge is 2.33. The molecule has 0 aliphatic carbocycles. The molecule has 0 saturated carbocycles. The van der Waals surface area contributed by atoms with Crippen LogP contribution in [-0.2, 0) is 32.6 Å². The van der Waals surface area contributed by atoms with Crippen molar-refractivity contribution in [1.29, 1.82) is 0 Å². The Bertz CT molecular complexity index is 1360. The van der Waals surface area contributed by atoms with Crippen LogP contribution in [0.25, 0.3) is 0 Å². The van der Waals surface area contributed by atoms with E-state index in [1.54, 1.807) is 6.07 Å². The molecule has 38 heavy (non-hydrogen) atoms. The smallest absolute Gasteiger partial charge is 0.244 e. The summed E-state index contributed by atoms with van der Waals surface area (Å²) in [6.45, 7) is 7.72. The highest BCUT2D eigenvalue weighted by atomic mass is 32.2. The van der Waals surface area contributed by atoms with Crippen LogP contribution in [0.2, 0.25) is 0 Å². The van der Waals surface area contributed by atoms with Gasteiger partial charge in [-0.05, 0) is 50.5 Å². The van der Waals surface area contributed by atoms with E-state index in [4.69, 9.17) is 0 Å². The number of anilines is 1. The summed E-state index contributed by atoms with van der Waals surface area (Å²) in [5, 5.41) is 2.86. The molecule has 3 aromatic carbocycles. The van der Waals surface area contributed by atoms with Gasteiger partial charge in [-0.15, -0.1) is 0 Å². The summed E-state index contributed by atoms with van der Waals surface area (Å²) in [7, 11) is -3.79. The van der Waals surface area contributed by atoms with Crippen LogP contribution >= 0.6 is 0 Å². The number of carbonyl (C=O) groups is 2. The highest BCUT2D eigenvalue weighted by Crippen LogP contribution is 2.24. The van der Waals surface area contributed by atoms with Crippen LogP contribution in [0, 0.1) is 20.8 Å². The molecule has 0 spiro atoms. The summed E-state index contributed by atoms with van der Waals surface area (Å²) in [5.74, 6) is -0.739. The van der Waals surface area contributed by atoms with Gasteiger partial charge in [0.2, 0.25) is 21.8 Å². The van der Waals surface area contributed by atoms with Crippen LogP contribution in [0.1, 0.15) is 34.7 Å². The fourth-order valence-electron chi connectivity index (χ4n) is 4.42. The van der Waals surface area contributed by atoms with Gasteiger partial charge in [0.1, 0.15) is 12.6 Å². The van der Waals surface area contributed by atoms with Gasteiger partial charge in [0, 0.05) is 19.5 Å². The average molecular weight is 536 g/mol. The maximum Gasteiger partial charge on any atom is 0.244 e. The number of nitrogens with one attached hydrogen (secondary N) is 1. The lowest BCUT2D eigenvalue weighted by Crippen LogP contribution is -2.53. The number of aryl methyl sites for hydroxylation is 3. The van der Waals surface area contributed by atoms with E-state index in [9.17, 15) is 18.0 Å². The summed E-state index contributed by atoms with van der Waals surface area (Å²) in [4.78, 5) is 28.9. The second kappa shape index (κ2) is 12.7. The van der Waals surface area contributed by atoms with Crippen molar-refractivity contribution in [1.82, 2.24) is 10.2 Å². The standard InChI is InChI=1S/C30H37N3O4S/c1-6-31-30(35)28(19-25-10-8-7-9-11-25)32(20-26-15-12-22(2)13-16-26)29(34)21-33(38(5,36)37)27-17-14-23(3)18-24(27)4/h7-18,28H,6,19-21H2,1-5H3,(H,31,35)/t28-/m1/s1. The van der Waals surface area contributed by atoms with Crippen molar-refractivity contribution in [2.45, 2.75) is 46.7 Å². The quantitative estimate of drug-likeness (QED) is 0.400. The third-order valence-corrected chi connectivity index (χ3v) is 7.52. The first kappa shape index (κ1) is 28.9. The first-order valence-electron chi connectivity index (χ1n) is 12.7. The van der Waals surface area contributed by atoms with Crippen molar-refractivity contribution in [3.63, 3.8) is 0 Å². The van der Waals surface area contributed by atoms with E-state index in [-0.39, 0.29) is 12.5 Å². The summed E-state index contributed by atoms with van der Waals surface area (Å²) in [5.41, 5.74) is 5.02. The third kappa shape index (κ3) is 7.68. The molecule has 1 atom stereocenters. The number of hydrogen-bond donors (Lipinski definition) is 1. The molecule has 202 valence electrons. The molecular formula is C30H37N3O4S. The Balaban J connectivity index is 2.05. The van der Waals surface area contributed by atoms with Gasteiger partial charge in [-0.1, -0.05) is 77.9 Å². The van der Waals surface area contributed by atoms with E-state index in [0.29, 0.717) is 18.7 Å². The number of hydrogen-bond acceptors (Lipinski definition) is 4. The minimum atomic E-state index is -3.79. The minimum Gasteiger partial charge on any atom is -0.355 e. The zero-order valence-corrected chi connectivity index (χ0v) is 23.6. The summed E-state index contributed by atoms with van der Waals surface area (Å²) in [6.07, 6.45) is 1.39. The molecule has 2 amide bonds. The Kier molecular flexibility index (Phi) is 9.69. The maximum atomic E-state index is 14.0. The van der Waals surface area contributed by atoms with Crippen molar-refractivity contribution >= 4 is 27.5 Å². The zero-order chi connectivity index (χ0) is 27.9. The molecule has 0 radical (unpaired) electrons. The van der Waals surface area contributed by atoms with Gasteiger partial charge in [-0.2, -0.15) is 0 Å². The van der Waals surface area contributed by atoms with E-state index in [1.807, 2.05) is 94.4 Å². The van der Waals surface area contributed by atoms with E-state index in [1.165, 1.54) is 4.90 Å². The maximum absolute atomic E-state index is 14.0. The van der Waals surface area contributed by atoms with Crippen molar-refractivity contribution in [2.24, 2.45) is 0 Å². The molecule has 3 rings (SSSR count). The number of likely N-dealkylation sites (N-methyl/N-ethyl adjacent to an activating group) is 1. The first-order chi connectivity index (χ1) is 18.0. The lowest BCUT2D eigenvalue weighted by Gasteiger charge is -2.33. The molecule has 0 heterocycles. The van der Waals surface area contributed by atoms with E-state index in [2.05, 4.69) is 5.32 Å². The van der Waals surface area contributed by atoms with Gasteiger partial charge in [-0.3, -0.25) is 13.9 Å². The fraction of sp³-hybridized carbons (Fsp3) is 0.333. The van der Waals surface area contributed by atoms with Gasteiger partial charge in [-0.25, -0.2) is 8.42 Å². The lowest BCUT2D eigenvalue weighted by atomic mass is 10.0. The van der Waals surface area contributed by atoms with Gasteiger partial charge >= 0.3 is 0 Å². The molecule has 7 nitrogen and oxygen atoms in total. The van der Waals surface area contributed by atoms with Crippen molar-refractivity contribution < 1.29 is 18.0 Å². The molecule has 0 aromatic heterocycles. The number of amides is 2. The van der Waals surface area contributed by atoms with Crippen molar-refractivity contribution in [3.8, 4) is 0 Å². The van der Waals surface area contributed by atoms with Gasteiger partial charge in [0.15, 0.2) is 0 Å². The number of nitrogens with zero attached hydrogens (tertiary/aromatic N) is 2. The summed E-state index contributed by atoms with van der Waals surface area (Å²) < 4.78 is 26.9. The largest absolute Gasteiger partial charge is 0.355 e. The Morgan fingerprint density at radius 1 is 0.868 bits per heavy atom. The van der Waals surface area contributed by atoms with E-state index < -0.39 is 28.5 Å². The van der Waals surface area contributed by atoms with Crippen LogP contribution < -0.4 is 9.62 Å². The Morgan fingerprint density at radius 3 is 2.08 bits per heavy atom. The molecule has 0 unspecified atom stereocenters. The molecular weight excluding hydrogens is 498 g/mol. The molecule has 0 aliphatic rings. The molecule has 0 aliphatic heterocycles. The number of rotatable bonds is 11. The molecule has 8 heteroatoms. The SMILES string of the molecule is CCNC(=O)[C@@H](Cc1ccccc1)N(Cc1ccc(C)cc1)C(=O)CN(c1ccc(C)cc1C)S(C)(=O)=O. The monoisotopic (exact) mass is 535 g/mol. The van der Waals surface area contributed by atoms with E-state index >= 15 is 0 Å². The second-order valence-corrected chi connectivity index (χ2v) is 11.6. The first-order valence-corrected chi connectivity index (χ1v) is 14.6. The van der Waals surface area contributed by atoms with Crippen LogP contribution in [0.15, 0.2) is 72.8 Å². The van der Waals surface area contributed by atoms with Gasteiger partial charge < -0.3 is 10.2 Å². The molecule has 3 aromatic rings.